The highest BCUT2D eigenvalue weighted by Crippen LogP contribution is 2.28. The van der Waals surface area contributed by atoms with Gasteiger partial charge in [-0.05, 0) is 49.4 Å². The number of aryl methyl sites for hydroxylation is 2. The minimum atomic E-state index is -0.130. The third-order valence-corrected chi connectivity index (χ3v) is 5.28. The van der Waals surface area contributed by atoms with Crippen molar-refractivity contribution < 1.29 is 4.79 Å². The average Bonchev–Trinajstić information content (AvgIpc) is 3.24. The quantitative estimate of drug-likeness (QED) is 0.471. The topological polar surface area (TPSA) is 71.6 Å². The molecule has 0 bridgehead atoms. The van der Waals surface area contributed by atoms with E-state index in [1.165, 1.54) is 11.3 Å². The molecule has 7 heteroatoms. The minimum Gasteiger partial charge on any atom is -0.321 e. The first-order chi connectivity index (χ1) is 13.1. The smallest absolute Gasteiger partial charge is 0.265 e. The van der Waals surface area contributed by atoms with Crippen molar-refractivity contribution in [3.05, 3.63) is 71.2 Å². The number of nitrogens with zero attached hydrogens (tertiary/aromatic N) is 4. The highest BCUT2D eigenvalue weighted by atomic mass is 32.1. The van der Waals surface area contributed by atoms with Gasteiger partial charge in [-0.25, -0.2) is 0 Å². The molecule has 0 aliphatic heterocycles. The lowest BCUT2D eigenvalue weighted by molar-refractivity contribution is 0.103. The van der Waals surface area contributed by atoms with Crippen LogP contribution in [0.2, 0.25) is 0 Å². The number of hydrogen-bond acceptors (Lipinski definition) is 5. The summed E-state index contributed by atoms with van der Waals surface area (Å²) in [4.78, 5) is 14.2. The molecule has 2 aromatic carbocycles. The molecule has 2 heterocycles. The predicted molar refractivity (Wildman–Crippen MR) is 108 cm³/mol. The summed E-state index contributed by atoms with van der Waals surface area (Å²) in [5.41, 5.74) is 3.16. The number of anilines is 1. The van der Waals surface area contributed by atoms with E-state index in [9.17, 15) is 4.79 Å². The molecule has 4 aromatic rings. The van der Waals surface area contributed by atoms with Crippen molar-refractivity contribution in [2.45, 2.75) is 6.92 Å². The van der Waals surface area contributed by atoms with Crippen molar-refractivity contribution in [3.63, 3.8) is 0 Å². The van der Waals surface area contributed by atoms with E-state index < -0.39 is 0 Å². The molecule has 4 rings (SSSR count). The number of hydrogen-bond donors (Lipinski definition) is 1. The number of fused-ring (bicyclic) bond motifs is 1. The first-order valence-corrected chi connectivity index (χ1v) is 9.23. The summed E-state index contributed by atoms with van der Waals surface area (Å²) in [7, 11) is 1.89. The molecule has 0 radical (unpaired) electrons. The maximum absolute atomic E-state index is 12.5. The van der Waals surface area contributed by atoms with Crippen molar-refractivity contribution in [2.24, 2.45) is 17.3 Å². The molecule has 2 aromatic heterocycles. The summed E-state index contributed by atoms with van der Waals surface area (Å²) >= 11 is 1.44. The van der Waals surface area contributed by atoms with Crippen molar-refractivity contribution >= 4 is 44.5 Å². The molecule has 1 N–H and O–H groups in total. The lowest BCUT2D eigenvalue weighted by atomic mass is 10.2. The summed E-state index contributed by atoms with van der Waals surface area (Å²) in [5, 5.41) is 16.7. The van der Waals surface area contributed by atoms with Gasteiger partial charge in [-0.2, -0.15) is 15.3 Å². The molecule has 27 heavy (non-hydrogen) atoms. The van der Waals surface area contributed by atoms with E-state index in [2.05, 4.69) is 20.6 Å². The number of carbonyl (C=O) groups excluding carboxylic acids is 1. The lowest BCUT2D eigenvalue weighted by Gasteiger charge is -2.03. The maximum atomic E-state index is 12.5. The van der Waals surface area contributed by atoms with Gasteiger partial charge in [0.25, 0.3) is 5.91 Å². The van der Waals surface area contributed by atoms with Crippen LogP contribution >= 0.6 is 11.3 Å². The number of thiophene rings is 1. The molecule has 0 aliphatic carbocycles. The first-order valence-electron chi connectivity index (χ1n) is 8.41. The van der Waals surface area contributed by atoms with Crippen molar-refractivity contribution in [1.82, 2.24) is 9.78 Å². The van der Waals surface area contributed by atoms with Gasteiger partial charge in [0.2, 0.25) is 0 Å². The molecule has 0 spiro atoms. The molecule has 0 atom stereocenters. The summed E-state index contributed by atoms with van der Waals surface area (Å²) in [6.45, 7) is 1.94. The zero-order valence-electron chi connectivity index (χ0n) is 14.9. The summed E-state index contributed by atoms with van der Waals surface area (Å²) in [5.74, 6) is -0.130. The van der Waals surface area contributed by atoms with Crippen LogP contribution in [0.3, 0.4) is 0 Å². The Balaban J connectivity index is 1.46. The standard InChI is InChI=1S/C20H17N5OS/c1-13-17-12-18(27-20(17)25(2)24-13)19(26)21-14-8-10-16(11-9-14)23-22-15-6-4-3-5-7-15/h3-12H,1-2H3,(H,21,26). The number of nitrogens with one attached hydrogen (secondary N) is 1. The Morgan fingerprint density at radius 1 is 1.04 bits per heavy atom. The second kappa shape index (κ2) is 7.13. The number of azo groups is 1. The second-order valence-electron chi connectivity index (χ2n) is 6.08. The van der Waals surface area contributed by atoms with Crippen molar-refractivity contribution in [1.29, 1.82) is 0 Å². The predicted octanol–water partition coefficient (Wildman–Crippen LogP) is 5.61. The molecule has 6 nitrogen and oxygen atoms in total. The van der Waals surface area contributed by atoms with Gasteiger partial charge < -0.3 is 5.32 Å². The molecule has 1 amide bonds. The Bertz CT molecular complexity index is 1090. The van der Waals surface area contributed by atoms with Crippen LogP contribution in [0.5, 0.6) is 0 Å². The van der Waals surface area contributed by atoms with Gasteiger partial charge in [0.05, 0.1) is 21.9 Å². The van der Waals surface area contributed by atoms with E-state index in [4.69, 9.17) is 0 Å². The molecular formula is C20H17N5OS. The highest BCUT2D eigenvalue weighted by molar-refractivity contribution is 7.20. The van der Waals surface area contributed by atoms with E-state index in [1.54, 1.807) is 4.68 Å². The molecule has 134 valence electrons. The zero-order chi connectivity index (χ0) is 18.8. The van der Waals surface area contributed by atoms with Crippen LogP contribution < -0.4 is 5.32 Å². The van der Waals surface area contributed by atoms with E-state index in [0.29, 0.717) is 10.6 Å². The third kappa shape index (κ3) is 3.63. The van der Waals surface area contributed by atoms with E-state index in [0.717, 1.165) is 27.3 Å². The van der Waals surface area contributed by atoms with Gasteiger partial charge in [-0.1, -0.05) is 18.2 Å². The van der Waals surface area contributed by atoms with Crippen molar-refractivity contribution in [3.8, 4) is 0 Å². The number of rotatable bonds is 4. The number of aromatic nitrogens is 2. The monoisotopic (exact) mass is 375 g/mol. The van der Waals surface area contributed by atoms with Crippen LogP contribution in [-0.4, -0.2) is 15.7 Å². The van der Waals surface area contributed by atoms with Crippen LogP contribution in [0.1, 0.15) is 15.4 Å². The Morgan fingerprint density at radius 2 is 1.70 bits per heavy atom. The molecule has 0 fully saturated rings. The van der Waals surface area contributed by atoms with E-state index in [1.807, 2.05) is 74.6 Å². The van der Waals surface area contributed by atoms with Crippen LogP contribution in [-0.2, 0) is 7.05 Å². The summed E-state index contributed by atoms with van der Waals surface area (Å²) in [6, 6.07) is 18.7. The molecule has 0 saturated heterocycles. The molecule has 0 saturated carbocycles. The molecule has 0 unspecified atom stereocenters. The van der Waals surface area contributed by atoms with E-state index >= 15 is 0 Å². The molecule has 0 aliphatic rings. The van der Waals surface area contributed by atoms with Gasteiger partial charge >= 0.3 is 0 Å². The van der Waals surface area contributed by atoms with E-state index in [-0.39, 0.29) is 5.91 Å². The van der Waals surface area contributed by atoms with Crippen LogP contribution in [0.15, 0.2) is 70.9 Å². The second-order valence-corrected chi connectivity index (χ2v) is 7.11. The maximum Gasteiger partial charge on any atom is 0.265 e. The average molecular weight is 375 g/mol. The fourth-order valence-corrected chi connectivity index (χ4v) is 3.75. The fraction of sp³-hybridized carbons (Fsp3) is 0.100. The van der Waals surface area contributed by atoms with Gasteiger partial charge in [0.15, 0.2) is 0 Å². The van der Waals surface area contributed by atoms with Crippen LogP contribution in [0, 0.1) is 6.92 Å². The number of benzene rings is 2. The fourth-order valence-electron chi connectivity index (χ4n) is 2.73. The SMILES string of the molecule is Cc1nn(C)c2sc(C(=O)Nc3ccc(N=Nc4ccccc4)cc3)cc12. The summed E-state index contributed by atoms with van der Waals surface area (Å²) in [6.07, 6.45) is 0. The minimum absolute atomic E-state index is 0.130. The Morgan fingerprint density at radius 3 is 2.37 bits per heavy atom. The highest BCUT2D eigenvalue weighted by Gasteiger charge is 2.15. The summed E-state index contributed by atoms with van der Waals surface area (Å²) < 4.78 is 1.80. The van der Waals surface area contributed by atoms with Gasteiger partial charge in [-0.3, -0.25) is 9.48 Å². The largest absolute Gasteiger partial charge is 0.321 e. The Hall–Kier alpha value is -3.32. The van der Waals surface area contributed by atoms with Gasteiger partial charge in [0.1, 0.15) is 4.83 Å². The van der Waals surface area contributed by atoms with Gasteiger partial charge in [0, 0.05) is 18.1 Å². The van der Waals surface area contributed by atoms with Gasteiger partial charge in [-0.15, -0.1) is 11.3 Å². The zero-order valence-corrected chi connectivity index (χ0v) is 15.7. The first kappa shape index (κ1) is 17.1. The third-order valence-electron chi connectivity index (χ3n) is 4.08. The van der Waals surface area contributed by atoms with Crippen LogP contribution in [0.25, 0.3) is 10.2 Å². The number of carbonyl (C=O) groups is 1. The normalized spacial score (nSPS) is 11.3. The molecular weight excluding hydrogens is 358 g/mol. The lowest BCUT2D eigenvalue weighted by Crippen LogP contribution is -2.09. The van der Waals surface area contributed by atoms with Crippen LogP contribution in [0.4, 0.5) is 17.1 Å². The Labute approximate surface area is 160 Å². The number of amides is 1. The van der Waals surface area contributed by atoms with Crippen molar-refractivity contribution in [2.75, 3.05) is 5.32 Å². The Kier molecular flexibility index (Phi) is 4.52.